The third-order valence-electron chi connectivity index (χ3n) is 6.16. The van der Waals surface area contributed by atoms with Crippen LogP contribution in [0, 0.1) is 6.92 Å². The summed E-state index contributed by atoms with van der Waals surface area (Å²) in [6.45, 7) is 5.24. The molecule has 0 saturated carbocycles. The Kier molecular flexibility index (Phi) is 7.55. The summed E-state index contributed by atoms with van der Waals surface area (Å²) in [4.78, 5) is 14.6. The Labute approximate surface area is 185 Å². The molecule has 0 aliphatic carbocycles. The van der Waals surface area contributed by atoms with Gasteiger partial charge in [0.1, 0.15) is 6.61 Å². The number of aryl methyl sites for hydroxylation is 1. The molecule has 2 saturated heterocycles. The summed E-state index contributed by atoms with van der Waals surface area (Å²) >= 11 is 0. The van der Waals surface area contributed by atoms with E-state index in [4.69, 9.17) is 9.47 Å². The molecule has 31 heavy (non-hydrogen) atoms. The molecule has 164 valence electrons. The van der Waals surface area contributed by atoms with Crippen LogP contribution in [0.25, 0.3) is 17.2 Å². The molecule has 0 N–H and O–H groups in total. The summed E-state index contributed by atoms with van der Waals surface area (Å²) in [7, 11) is 0. The third-order valence-corrected chi connectivity index (χ3v) is 6.16. The summed E-state index contributed by atoms with van der Waals surface area (Å²) < 4.78 is 11.1. The SMILES string of the molecule is Cc1cc(/C=C/C(=O)COC2CCCCO2)ccc1-c1ccc(N2CCCCC2)cc1. The van der Waals surface area contributed by atoms with Crippen molar-refractivity contribution in [3.8, 4) is 11.1 Å². The molecule has 0 bridgehead atoms. The molecule has 2 aliphatic heterocycles. The summed E-state index contributed by atoms with van der Waals surface area (Å²) in [5.41, 5.74) is 6.00. The largest absolute Gasteiger partial charge is 0.372 e. The average molecular weight is 420 g/mol. The molecule has 2 aliphatic rings. The van der Waals surface area contributed by atoms with Crippen LogP contribution < -0.4 is 4.90 Å². The van der Waals surface area contributed by atoms with E-state index in [0.717, 1.165) is 44.5 Å². The number of carbonyl (C=O) groups is 1. The van der Waals surface area contributed by atoms with Crippen molar-refractivity contribution < 1.29 is 14.3 Å². The second kappa shape index (κ2) is 10.7. The lowest BCUT2D eigenvalue weighted by atomic mass is 9.97. The van der Waals surface area contributed by atoms with Crippen molar-refractivity contribution in [3.05, 3.63) is 59.7 Å². The van der Waals surface area contributed by atoms with Crippen LogP contribution >= 0.6 is 0 Å². The number of rotatable bonds is 7. The van der Waals surface area contributed by atoms with Gasteiger partial charge < -0.3 is 14.4 Å². The highest BCUT2D eigenvalue weighted by atomic mass is 16.7. The van der Waals surface area contributed by atoms with E-state index in [0.29, 0.717) is 0 Å². The van der Waals surface area contributed by atoms with Gasteiger partial charge in [-0.1, -0.05) is 36.4 Å². The molecule has 2 aromatic rings. The summed E-state index contributed by atoms with van der Waals surface area (Å²) in [6, 6.07) is 15.2. The van der Waals surface area contributed by atoms with Gasteiger partial charge in [-0.3, -0.25) is 4.79 Å². The van der Waals surface area contributed by atoms with Gasteiger partial charge in [-0.15, -0.1) is 0 Å². The molecule has 4 heteroatoms. The van der Waals surface area contributed by atoms with Crippen molar-refractivity contribution in [2.45, 2.75) is 51.7 Å². The van der Waals surface area contributed by atoms with Crippen LogP contribution in [0.3, 0.4) is 0 Å². The van der Waals surface area contributed by atoms with Gasteiger partial charge in [0.05, 0.1) is 0 Å². The Morgan fingerprint density at radius 1 is 1.06 bits per heavy atom. The second-order valence-corrected chi connectivity index (χ2v) is 8.58. The zero-order valence-electron chi connectivity index (χ0n) is 18.5. The van der Waals surface area contributed by atoms with E-state index >= 15 is 0 Å². The van der Waals surface area contributed by atoms with Crippen LogP contribution in [-0.2, 0) is 14.3 Å². The number of ketones is 1. The molecule has 0 radical (unpaired) electrons. The van der Waals surface area contributed by atoms with Crippen LogP contribution in [0.1, 0.15) is 49.7 Å². The van der Waals surface area contributed by atoms with Gasteiger partial charge in [-0.05, 0) is 85.9 Å². The van der Waals surface area contributed by atoms with Gasteiger partial charge >= 0.3 is 0 Å². The molecule has 1 atom stereocenters. The Bertz CT molecular complexity index is 891. The average Bonchev–Trinajstić information content (AvgIpc) is 2.83. The maximum Gasteiger partial charge on any atom is 0.181 e. The van der Waals surface area contributed by atoms with Crippen molar-refractivity contribution >= 4 is 17.5 Å². The number of nitrogens with zero attached hydrogens (tertiary/aromatic N) is 1. The van der Waals surface area contributed by atoms with E-state index in [-0.39, 0.29) is 18.7 Å². The predicted molar refractivity (Wildman–Crippen MR) is 126 cm³/mol. The highest BCUT2D eigenvalue weighted by Gasteiger charge is 2.15. The van der Waals surface area contributed by atoms with Crippen molar-refractivity contribution in [1.29, 1.82) is 0 Å². The van der Waals surface area contributed by atoms with E-state index in [1.165, 1.54) is 41.6 Å². The molecule has 0 amide bonds. The highest BCUT2D eigenvalue weighted by Crippen LogP contribution is 2.28. The van der Waals surface area contributed by atoms with Crippen LogP contribution in [0.4, 0.5) is 5.69 Å². The summed E-state index contributed by atoms with van der Waals surface area (Å²) in [5.74, 6) is -0.0378. The maximum absolute atomic E-state index is 12.1. The molecule has 4 nitrogen and oxygen atoms in total. The van der Waals surface area contributed by atoms with E-state index in [9.17, 15) is 4.79 Å². The fourth-order valence-corrected chi connectivity index (χ4v) is 4.37. The molecule has 0 spiro atoms. The van der Waals surface area contributed by atoms with Crippen LogP contribution in [-0.4, -0.2) is 38.4 Å². The first-order chi connectivity index (χ1) is 15.2. The van der Waals surface area contributed by atoms with Gasteiger partial charge in [-0.25, -0.2) is 0 Å². The van der Waals surface area contributed by atoms with Gasteiger partial charge in [0, 0.05) is 25.4 Å². The van der Waals surface area contributed by atoms with Gasteiger partial charge in [0.2, 0.25) is 0 Å². The lowest BCUT2D eigenvalue weighted by molar-refractivity contribution is -0.167. The number of hydrogen-bond acceptors (Lipinski definition) is 4. The Hall–Kier alpha value is -2.43. The Morgan fingerprint density at radius 3 is 2.58 bits per heavy atom. The summed E-state index contributed by atoms with van der Waals surface area (Å²) in [6.07, 6.45) is 10.2. The van der Waals surface area contributed by atoms with Crippen molar-refractivity contribution in [3.63, 3.8) is 0 Å². The van der Waals surface area contributed by atoms with E-state index < -0.39 is 0 Å². The number of carbonyl (C=O) groups excluding carboxylic acids is 1. The Balaban J connectivity index is 1.35. The maximum atomic E-state index is 12.1. The number of hydrogen-bond donors (Lipinski definition) is 0. The van der Waals surface area contributed by atoms with Crippen molar-refractivity contribution in [2.24, 2.45) is 0 Å². The molecular formula is C27H33NO3. The van der Waals surface area contributed by atoms with Gasteiger partial charge in [0.15, 0.2) is 12.1 Å². The summed E-state index contributed by atoms with van der Waals surface area (Å²) in [5, 5.41) is 0. The van der Waals surface area contributed by atoms with E-state index in [1.54, 1.807) is 6.08 Å². The molecule has 4 rings (SSSR count). The lowest BCUT2D eigenvalue weighted by Gasteiger charge is -2.29. The molecular weight excluding hydrogens is 386 g/mol. The minimum absolute atomic E-state index is 0.0378. The monoisotopic (exact) mass is 419 g/mol. The zero-order chi connectivity index (χ0) is 21.5. The smallest absolute Gasteiger partial charge is 0.181 e. The number of benzene rings is 2. The Morgan fingerprint density at radius 2 is 1.87 bits per heavy atom. The van der Waals surface area contributed by atoms with Crippen LogP contribution in [0.5, 0.6) is 0 Å². The van der Waals surface area contributed by atoms with Crippen molar-refractivity contribution in [1.82, 2.24) is 0 Å². The number of ether oxygens (including phenoxy) is 2. The predicted octanol–water partition coefficient (Wildman–Crippen LogP) is 5.78. The lowest BCUT2D eigenvalue weighted by Crippen LogP contribution is -2.29. The normalized spacial score (nSPS) is 19.6. The second-order valence-electron chi connectivity index (χ2n) is 8.58. The minimum Gasteiger partial charge on any atom is -0.372 e. The first-order valence-corrected chi connectivity index (χ1v) is 11.6. The van der Waals surface area contributed by atoms with E-state index in [1.807, 2.05) is 6.08 Å². The van der Waals surface area contributed by atoms with Gasteiger partial charge in [0.25, 0.3) is 0 Å². The highest BCUT2D eigenvalue weighted by molar-refractivity contribution is 5.94. The standard InChI is InChI=1S/C27H33NO3/c1-21-19-22(8-14-25(29)20-31-27-7-3-6-18-30-27)9-15-26(21)23-10-12-24(13-11-23)28-16-4-2-5-17-28/h8-15,19,27H,2-7,16-18,20H2,1H3/b14-8+. The first-order valence-electron chi connectivity index (χ1n) is 11.6. The first kappa shape index (κ1) is 21.8. The third kappa shape index (κ3) is 6.05. The molecule has 0 aromatic heterocycles. The van der Waals surface area contributed by atoms with Crippen LogP contribution in [0.15, 0.2) is 48.5 Å². The van der Waals surface area contributed by atoms with Gasteiger partial charge in [-0.2, -0.15) is 0 Å². The molecule has 2 heterocycles. The van der Waals surface area contributed by atoms with E-state index in [2.05, 4.69) is 54.3 Å². The number of piperidine rings is 1. The fraction of sp³-hybridized carbons (Fsp3) is 0.444. The topological polar surface area (TPSA) is 38.8 Å². The molecule has 2 fully saturated rings. The number of anilines is 1. The molecule has 1 unspecified atom stereocenters. The minimum atomic E-state index is -0.228. The van der Waals surface area contributed by atoms with Crippen LogP contribution in [0.2, 0.25) is 0 Å². The quantitative estimate of drug-likeness (QED) is 0.534. The molecule has 2 aromatic carbocycles. The van der Waals surface area contributed by atoms with Crippen molar-refractivity contribution in [2.75, 3.05) is 31.2 Å². The fourth-order valence-electron chi connectivity index (χ4n) is 4.37. The zero-order valence-corrected chi connectivity index (χ0v) is 18.5.